The first kappa shape index (κ1) is 19.5. The van der Waals surface area contributed by atoms with Gasteiger partial charge in [0.15, 0.2) is 0 Å². The number of hydrogen-bond acceptors (Lipinski definition) is 5. The Balaban J connectivity index is 1.39. The Morgan fingerprint density at radius 2 is 1.67 bits per heavy atom. The molecule has 0 aliphatic carbocycles. The Morgan fingerprint density at radius 3 is 2.40 bits per heavy atom. The quantitative estimate of drug-likeness (QED) is 0.482. The van der Waals surface area contributed by atoms with Crippen LogP contribution in [0.2, 0.25) is 0 Å². The lowest BCUT2D eigenvalue weighted by molar-refractivity contribution is -0.121. The van der Waals surface area contributed by atoms with Crippen LogP contribution < -0.4 is 5.32 Å². The number of carbonyl (C=O) groups is 1. The first-order chi connectivity index (χ1) is 14.8. The molecule has 0 bridgehead atoms. The molecular formula is C24H22N4O2. The summed E-state index contributed by atoms with van der Waals surface area (Å²) in [5, 5.41) is 7.10. The number of nitrogens with one attached hydrogen (secondary N) is 1. The molecule has 0 saturated carbocycles. The average molecular weight is 398 g/mol. The fourth-order valence-corrected chi connectivity index (χ4v) is 3.23. The topological polar surface area (TPSA) is 80.9 Å². The minimum atomic E-state index is -0.104. The second-order valence-electron chi connectivity index (χ2n) is 6.95. The van der Waals surface area contributed by atoms with Crippen molar-refractivity contribution in [3.63, 3.8) is 0 Å². The molecule has 0 fully saturated rings. The zero-order chi connectivity index (χ0) is 20.6. The first-order valence-corrected chi connectivity index (χ1v) is 9.90. The van der Waals surface area contributed by atoms with E-state index in [0.29, 0.717) is 23.8 Å². The van der Waals surface area contributed by atoms with E-state index in [0.717, 1.165) is 12.0 Å². The number of pyridine rings is 1. The van der Waals surface area contributed by atoms with Crippen molar-refractivity contribution in [2.45, 2.75) is 25.3 Å². The summed E-state index contributed by atoms with van der Waals surface area (Å²) in [6.07, 6.45) is 3.04. The van der Waals surface area contributed by atoms with Crippen LogP contribution in [0.4, 0.5) is 0 Å². The highest BCUT2D eigenvalue weighted by Gasteiger charge is 2.17. The molecular weight excluding hydrogens is 376 g/mol. The van der Waals surface area contributed by atoms with Crippen molar-refractivity contribution in [1.82, 2.24) is 20.4 Å². The Hall–Kier alpha value is -3.80. The highest BCUT2D eigenvalue weighted by atomic mass is 16.5. The van der Waals surface area contributed by atoms with Gasteiger partial charge in [0, 0.05) is 19.0 Å². The molecule has 6 heteroatoms. The van der Waals surface area contributed by atoms with Gasteiger partial charge in [-0.15, -0.1) is 0 Å². The number of carbonyl (C=O) groups excluding carboxylic acids is 1. The summed E-state index contributed by atoms with van der Waals surface area (Å²) in [6.45, 7) is 0. The van der Waals surface area contributed by atoms with Gasteiger partial charge in [0.1, 0.15) is 5.69 Å². The van der Waals surface area contributed by atoms with Crippen molar-refractivity contribution < 1.29 is 9.32 Å². The molecule has 1 atom stereocenters. The summed E-state index contributed by atoms with van der Waals surface area (Å²) >= 11 is 0. The third kappa shape index (κ3) is 5.17. The normalized spacial score (nSPS) is 11.7. The monoisotopic (exact) mass is 398 g/mol. The van der Waals surface area contributed by atoms with E-state index in [2.05, 4.69) is 32.6 Å². The summed E-state index contributed by atoms with van der Waals surface area (Å²) in [4.78, 5) is 21.2. The molecule has 1 unspecified atom stereocenters. The third-order valence-electron chi connectivity index (χ3n) is 4.75. The molecule has 150 valence electrons. The van der Waals surface area contributed by atoms with Gasteiger partial charge in [-0.05, 0) is 29.7 Å². The summed E-state index contributed by atoms with van der Waals surface area (Å²) < 4.78 is 5.27. The standard InChI is InChI=1S/C24H22N4O2/c29-22(14-15-23-27-24(28-30-23)20-13-7-8-16-25-20)26-21(19-11-5-2-6-12-19)17-18-9-3-1-4-10-18/h1-13,16,21H,14-15,17H2,(H,26,29). The minimum Gasteiger partial charge on any atom is -0.349 e. The van der Waals surface area contributed by atoms with E-state index in [9.17, 15) is 4.79 Å². The van der Waals surface area contributed by atoms with Gasteiger partial charge in [0.25, 0.3) is 0 Å². The number of aromatic nitrogens is 3. The predicted molar refractivity (Wildman–Crippen MR) is 113 cm³/mol. The van der Waals surface area contributed by atoms with Gasteiger partial charge in [0.2, 0.25) is 17.6 Å². The summed E-state index contributed by atoms with van der Waals surface area (Å²) in [6, 6.07) is 25.5. The van der Waals surface area contributed by atoms with Crippen LogP contribution in [-0.4, -0.2) is 21.0 Å². The molecule has 1 N–H and O–H groups in total. The van der Waals surface area contributed by atoms with Crippen molar-refractivity contribution in [2.24, 2.45) is 0 Å². The molecule has 4 rings (SSSR count). The molecule has 2 heterocycles. The molecule has 0 radical (unpaired) electrons. The molecule has 2 aromatic carbocycles. The molecule has 4 aromatic rings. The number of aryl methyl sites for hydroxylation is 1. The highest BCUT2D eigenvalue weighted by molar-refractivity contribution is 5.76. The minimum absolute atomic E-state index is 0.0580. The maximum Gasteiger partial charge on any atom is 0.227 e. The van der Waals surface area contributed by atoms with Gasteiger partial charge in [-0.25, -0.2) is 0 Å². The second-order valence-corrected chi connectivity index (χ2v) is 6.95. The lowest BCUT2D eigenvalue weighted by atomic mass is 9.98. The molecule has 1 amide bonds. The van der Waals surface area contributed by atoms with Crippen LogP contribution in [-0.2, 0) is 17.6 Å². The average Bonchev–Trinajstić information content (AvgIpc) is 3.28. The zero-order valence-electron chi connectivity index (χ0n) is 16.4. The lowest BCUT2D eigenvalue weighted by Gasteiger charge is -2.19. The Kier molecular flexibility index (Phi) is 6.25. The van der Waals surface area contributed by atoms with E-state index >= 15 is 0 Å². The van der Waals surface area contributed by atoms with Crippen molar-refractivity contribution in [3.05, 3.63) is 102 Å². The SMILES string of the molecule is O=C(CCc1nc(-c2ccccn2)no1)NC(Cc1ccccc1)c1ccccc1. The zero-order valence-corrected chi connectivity index (χ0v) is 16.4. The molecule has 30 heavy (non-hydrogen) atoms. The van der Waals surface area contributed by atoms with Gasteiger partial charge in [-0.2, -0.15) is 4.98 Å². The molecule has 0 aliphatic rings. The van der Waals surface area contributed by atoms with Crippen LogP contribution >= 0.6 is 0 Å². The summed E-state index contributed by atoms with van der Waals surface area (Å²) in [5.74, 6) is 0.791. The van der Waals surface area contributed by atoms with E-state index in [-0.39, 0.29) is 18.4 Å². The number of hydrogen-bond donors (Lipinski definition) is 1. The van der Waals surface area contributed by atoms with E-state index < -0.39 is 0 Å². The number of amides is 1. The summed E-state index contributed by atoms with van der Waals surface area (Å²) in [5.41, 5.74) is 2.89. The lowest BCUT2D eigenvalue weighted by Crippen LogP contribution is -2.30. The Morgan fingerprint density at radius 1 is 0.933 bits per heavy atom. The third-order valence-corrected chi connectivity index (χ3v) is 4.75. The molecule has 2 aromatic heterocycles. The number of nitrogens with zero attached hydrogens (tertiary/aromatic N) is 3. The predicted octanol–water partition coefficient (Wildman–Crippen LogP) is 4.16. The first-order valence-electron chi connectivity index (χ1n) is 9.90. The van der Waals surface area contributed by atoms with Gasteiger partial charge in [0.05, 0.1) is 6.04 Å². The second kappa shape index (κ2) is 9.60. The van der Waals surface area contributed by atoms with Crippen LogP contribution in [0.1, 0.15) is 29.5 Å². The van der Waals surface area contributed by atoms with Crippen molar-refractivity contribution in [2.75, 3.05) is 0 Å². The molecule has 6 nitrogen and oxygen atoms in total. The number of rotatable bonds is 8. The number of benzene rings is 2. The van der Waals surface area contributed by atoms with E-state index in [4.69, 9.17) is 4.52 Å². The van der Waals surface area contributed by atoms with E-state index in [1.54, 1.807) is 6.20 Å². The molecule has 0 aliphatic heterocycles. The maximum atomic E-state index is 12.7. The smallest absolute Gasteiger partial charge is 0.227 e. The van der Waals surface area contributed by atoms with Crippen molar-refractivity contribution >= 4 is 5.91 Å². The van der Waals surface area contributed by atoms with Crippen LogP contribution in [0.5, 0.6) is 0 Å². The highest BCUT2D eigenvalue weighted by Crippen LogP contribution is 2.19. The Bertz CT molecular complexity index is 1070. The fourth-order valence-electron chi connectivity index (χ4n) is 3.23. The maximum absolute atomic E-state index is 12.7. The van der Waals surface area contributed by atoms with Gasteiger partial charge in [-0.1, -0.05) is 71.9 Å². The fraction of sp³-hybridized carbons (Fsp3) is 0.167. The van der Waals surface area contributed by atoms with Crippen LogP contribution in [0.25, 0.3) is 11.5 Å². The van der Waals surface area contributed by atoms with Gasteiger partial charge in [-0.3, -0.25) is 9.78 Å². The molecule has 0 spiro atoms. The van der Waals surface area contributed by atoms with Gasteiger partial charge >= 0.3 is 0 Å². The molecule has 0 saturated heterocycles. The van der Waals surface area contributed by atoms with Crippen molar-refractivity contribution in [3.8, 4) is 11.5 Å². The largest absolute Gasteiger partial charge is 0.349 e. The van der Waals surface area contributed by atoms with Gasteiger partial charge < -0.3 is 9.84 Å². The van der Waals surface area contributed by atoms with Crippen LogP contribution in [0, 0.1) is 0 Å². The van der Waals surface area contributed by atoms with E-state index in [1.807, 2.05) is 66.7 Å². The summed E-state index contributed by atoms with van der Waals surface area (Å²) in [7, 11) is 0. The van der Waals surface area contributed by atoms with Crippen molar-refractivity contribution in [1.29, 1.82) is 0 Å². The van der Waals surface area contributed by atoms with E-state index in [1.165, 1.54) is 5.56 Å². The van der Waals surface area contributed by atoms with Crippen LogP contribution in [0.15, 0.2) is 89.6 Å². The Labute approximate surface area is 175 Å². The van der Waals surface area contributed by atoms with Crippen LogP contribution in [0.3, 0.4) is 0 Å².